The van der Waals surface area contributed by atoms with Crippen molar-refractivity contribution in [2.45, 2.75) is 57.9 Å². The second-order valence-electron chi connectivity index (χ2n) is 6.18. The highest BCUT2D eigenvalue weighted by molar-refractivity contribution is 5.06. The van der Waals surface area contributed by atoms with Gasteiger partial charge >= 0.3 is 0 Å². The second kappa shape index (κ2) is 5.00. The molecule has 2 aliphatic rings. The fourth-order valence-electron chi connectivity index (χ4n) is 3.44. The maximum Gasteiger partial charge on any atom is 0.136 e. The first-order valence-corrected chi connectivity index (χ1v) is 7.40. The minimum Gasteiger partial charge on any atom is -0.330 e. The Morgan fingerprint density at radius 1 is 1.17 bits per heavy atom. The molecule has 4 heteroatoms. The summed E-state index contributed by atoms with van der Waals surface area (Å²) in [6.45, 7) is 4.22. The van der Waals surface area contributed by atoms with Crippen molar-refractivity contribution in [2.24, 2.45) is 17.6 Å². The lowest BCUT2D eigenvalue weighted by Crippen LogP contribution is -2.27. The third kappa shape index (κ3) is 2.18. The van der Waals surface area contributed by atoms with E-state index in [4.69, 9.17) is 5.73 Å². The Morgan fingerprint density at radius 3 is 2.67 bits per heavy atom. The molecule has 1 saturated carbocycles. The highest BCUT2D eigenvalue weighted by Gasteiger charge is 2.28. The fourth-order valence-corrected chi connectivity index (χ4v) is 3.44. The smallest absolute Gasteiger partial charge is 0.136 e. The van der Waals surface area contributed by atoms with Crippen LogP contribution in [0.1, 0.15) is 56.6 Å². The monoisotopic (exact) mass is 248 g/mol. The normalized spacial score (nSPS) is 32.2. The van der Waals surface area contributed by atoms with Gasteiger partial charge in [-0.1, -0.05) is 19.8 Å². The summed E-state index contributed by atoms with van der Waals surface area (Å²) in [6, 6.07) is 0. The van der Waals surface area contributed by atoms with Crippen molar-refractivity contribution in [1.29, 1.82) is 0 Å². The number of aromatic nitrogens is 3. The van der Waals surface area contributed by atoms with Crippen molar-refractivity contribution in [3.63, 3.8) is 0 Å². The molecule has 2 N–H and O–H groups in total. The van der Waals surface area contributed by atoms with E-state index in [0.717, 1.165) is 25.4 Å². The van der Waals surface area contributed by atoms with E-state index in [0.29, 0.717) is 11.8 Å². The first-order chi connectivity index (χ1) is 8.78. The first kappa shape index (κ1) is 12.2. The lowest BCUT2D eigenvalue weighted by molar-refractivity contribution is 0.322. The molecule has 1 unspecified atom stereocenters. The first-order valence-electron chi connectivity index (χ1n) is 7.40. The SMILES string of the molecule is CC1CCC(c2nnc3n2CCC(CN)C3)CC1. The van der Waals surface area contributed by atoms with Crippen molar-refractivity contribution in [1.82, 2.24) is 14.8 Å². The summed E-state index contributed by atoms with van der Waals surface area (Å²) in [7, 11) is 0. The predicted octanol–water partition coefficient (Wildman–Crippen LogP) is 2.09. The van der Waals surface area contributed by atoms with Crippen LogP contribution in [0.2, 0.25) is 0 Å². The Bertz CT molecular complexity index is 404. The maximum absolute atomic E-state index is 5.77. The Balaban J connectivity index is 1.76. The van der Waals surface area contributed by atoms with E-state index in [1.807, 2.05) is 0 Å². The molecule has 0 saturated heterocycles. The van der Waals surface area contributed by atoms with Crippen molar-refractivity contribution >= 4 is 0 Å². The van der Waals surface area contributed by atoms with Crippen molar-refractivity contribution in [3.8, 4) is 0 Å². The highest BCUT2D eigenvalue weighted by Crippen LogP contribution is 2.35. The van der Waals surface area contributed by atoms with Crippen LogP contribution in [0, 0.1) is 11.8 Å². The van der Waals surface area contributed by atoms with E-state index in [9.17, 15) is 0 Å². The van der Waals surface area contributed by atoms with E-state index in [1.54, 1.807) is 0 Å². The summed E-state index contributed by atoms with van der Waals surface area (Å²) >= 11 is 0. The van der Waals surface area contributed by atoms with Crippen LogP contribution in [0.15, 0.2) is 0 Å². The zero-order chi connectivity index (χ0) is 12.5. The minimum atomic E-state index is 0.612. The van der Waals surface area contributed by atoms with Crippen molar-refractivity contribution < 1.29 is 0 Å². The average molecular weight is 248 g/mol. The van der Waals surface area contributed by atoms with Gasteiger partial charge < -0.3 is 10.3 Å². The number of fused-ring (bicyclic) bond motifs is 1. The summed E-state index contributed by atoms with van der Waals surface area (Å²) < 4.78 is 2.38. The molecule has 0 aromatic carbocycles. The molecule has 3 rings (SSSR count). The Kier molecular flexibility index (Phi) is 3.37. The number of rotatable bonds is 2. The van der Waals surface area contributed by atoms with Crippen LogP contribution in [0.3, 0.4) is 0 Å². The van der Waals surface area contributed by atoms with E-state index in [2.05, 4.69) is 21.7 Å². The second-order valence-corrected chi connectivity index (χ2v) is 6.18. The van der Waals surface area contributed by atoms with Gasteiger partial charge in [0.25, 0.3) is 0 Å². The van der Waals surface area contributed by atoms with Crippen LogP contribution in [0.25, 0.3) is 0 Å². The van der Waals surface area contributed by atoms with Crippen LogP contribution < -0.4 is 5.73 Å². The van der Waals surface area contributed by atoms with Crippen LogP contribution >= 0.6 is 0 Å². The van der Waals surface area contributed by atoms with E-state index in [1.165, 1.54) is 43.8 Å². The van der Waals surface area contributed by atoms with Gasteiger partial charge in [0.15, 0.2) is 0 Å². The van der Waals surface area contributed by atoms with Crippen LogP contribution in [-0.4, -0.2) is 21.3 Å². The molecule has 1 atom stereocenters. The molecule has 0 bridgehead atoms. The number of nitrogens with zero attached hydrogens (tertiary/aromatic N) is 3. The third-order valence-corrected chi connectivity index (χ3v) is 4.80. The summed E-state index contributed by atoms with van der Waals surface area (Å²) in [6.07, 6.45) is 7.49. The number of hydrogen-bond donors (Lipinski definition) is 1. The predicted molar refractivity (Wildman–Crippen MR) is 71.3 cm³/mol. The molecule has 100 valence electrons. The van der Waals surface area contributed by atoms with E-state index in [-0.39, 0.29) is 0 Å². The molecule has 1 aromatic heterocycles. The molecule has 0 amide bonds. The molecular formula is C14H24N4. The topological polar surface area (TPSA) is 56.7 Å². The summed E-state index contributed by atoms with van der Waals surface area (Å²) in [4.78, 5) is 0. The van der Waals surface area contributed by atoms with Gasteiger partial charge in [-0.2, -0.15) is 0 Å². The molecule has 0 spiro atoms. The Hall–Kier alpha value is -0.900. The van der Waals surface area contributed by atoms with Crippen LogP contribution in [0.5, 0.6) is 0 Å². The number of hydrogen-bond acceptors (Lipinski definition) is 3. The minimum absolute atomic E-state index is 0.612. The van der Waals surface area contributed by atoms with Gasteiger partial charge in [0.1, 0.15) is 11.6 Å². The van der Waals surface area contributed by atoms with Gasteiger partial charge in [0, 0.05) is 18.9 Å². The van der Waals surface area contributed by atoms with Crippen molar-refractivity contribution in [2.75, 3.05) is 6.54 Å². The standard InChI is InChI=1S/C14H24N4/c1-10-2-4-12(5-3-10)14-17-16-13-8-11(9-15)6-7-18(13)14/h10-12H,2-9,15H2,1H3. The molecule has 18 heavy (non-hydrogen) atoms. The zero-order valence-electron chi connectivity index (χ0n) is 11.3. The molecule has 1 aliphatic carbocycles. The quantitative estimate of drug-likeness (QED) is 0.872. The Labute approximate surface area is 109 Å². The van der Waals surface area contributed by atoms with Gasteiger partial charge in [-0.3, -0.25) is 0 Å². The van der Waals surface area contributed by atoms with Gasteiger partial charge in [-0.15, -0.1) is 10.2 Å². The molecule has 1 aliphatic heterocycles. The Morgan fingerprint density at radius 2 is 1.94 bits per heavy atom. The molecule has 2 heterocycles. The van der Waals surface area contributed by atoms with Gasteiger partial charge in [-0.05, 0) is 37.6 Å². The van der Waals surface area contributed by atoms with E-state index >= 15 is 0 Å². The zero-order valence-corrected chi connectivity index (χ0v) is 11.3. The summed E-state index contributed by atoms with van der Waals surface area (Å²) in [5.74, 6) is 4.59. The fraction of sp³-hybridized carbons (Fsp3) is 0.857. The molecule has 4 nitrogen and oxygen atoms in total. The molecule has 1 aromatic rings. The van der Waals surface area contributed by atoms with E-state index < -0.39 is 0 Å². The molecule has 0 radical (unpaired) electrons. The third-order valence-electron chi connectivity index (χ3n) is 4.80. The number of nitrogens with two attached hydrogens (primary N) is 1. The summed E-state index contributed by atoms with van der Waals surface area (Å²) in [5.41, 5.74) is 5.77. The molecule has 1 fully saturated rings. The average Bonchev–Trinajstić information content (AvgIpc) is 2.82. The molecular weight excluding hydrogens is 224 g/mol. The highest BCUT2D eigenvalue weighted by atomic mass is 15.3. The van der Waals surface area contributed by atoms with Crippen LogP contribution in [0.4, 0.5) is 0 Å². The maximum atomic E-state index is 5.77. The lowest BCUT2D eigenvalue weighted by atomic mass is 9.82. The lowest BCUT2D eigenvalue weighted by Gasteiger charge is -2.28. The van der Waals surface area contributed by atoms with Crippen LogP contribution in [-0.2, 0) is 13.0 Å². The van der Waals surface area contributed by atoms with Gasteiger partial charge in [0.05, 0.1) is 0 Å². The largest absolute Gasteiger partial charge is 0.330 e. The van der Waals surface area contributed by atoms with Gasteiger partial charge in [0.2, 0.25) is 0 Å². The van der Waals surface area contributed by atoms with Gasteiger partial charge in [-0.25, -0.2) is 0 Å². The van der Waals surface area contributed by atoms with Crippen molar-refractivity contribution in [3.05, 3.63) is 11.6 Å². The summed E-state index contributed by atoms with van der Waals surface area (Å²) in [5, 5.41) is 8.89.